The van der Waals surface area contributed by atoms with Crippen molar-refractivity contribution in [3.63, 3.8) is 0 Å². The van der Waals surface area contributed by atoms with Crippen molar-refractivity contribution >= 4 is 10.9 Å². The summed E-state index contributed by atoms with van der Waals surface area (Å²) in [5, 5.41) is 1.15. The van der Waals surface area contributed by atoms with E-state index in [1.165, 1.54) is 5.56 Å². The van der Waals surface area contributed by atoms with E-state index in [1.807, 2.05) is 42.5 Å². The molecule has 0 atom stereocenters. The van der Waals surface area contributed by atoms with Crippen LogP contribution in [0.5, 0.6) is 5.75 Å². The van der Waals surface area contributed by atoms with Gasteiger partial charge in [-0.15, -0.1) is 0 Å². The van der Waals surface area contributed by atoms with Crippen molar-refractivity contribution in [1.82, 2.24) is 24.8 Å². The van der Waals surface area contributed by atoms with Crippen LogP contribution in [0, 0.1) is 0 Å². The molecule has 0 saturated heterocycles. The van der Waals surface area contributed by atoms with Gasteiger partial charge < -0.3 is 14.7 Å². The third kappa shape index (κ3) is 4.46. The minimum Gasteiger partial charge on any atom is -0.489 e. The van der Waals surface area contributed by atoms with Gasteiger partial charge in [-0.25, -0.2) is 4.98 Å². The third-order valence-electron chi connectivity index (χ3n) is 6.44. The molecule has 7 nitrogen and oxygen atoms in total. The standard InChI is InChI=1S/C28H25N5O2/c34-28-22-11-13-33(17-26(22)31-27(32-28)25-8-4-5-12-29-25)16-20-15-30-24-10-9-21(14-23(20)24)35-18-19-6-2-1-3-7-19/h1-10,12,14-15,30H,11,13,16-18H2,(H,31,32,34). The Hall–Kier alpha value is -4.23. The highest BCUT2D eigenvalue weighted by atomic mass is 16.5. The molecule has 2 aromatic carbocycles. The molecule has 0 bridgehead atoms. The molecule has 5 aromatic rings. The topological polar surface area (TPSA) is 86.9 Å². The molecule has 174 valence electrons. The van der Waals surface area contributed by atoms with Crippen molar-refractivity contribution in [3.05, 3.63) is 112 Å². The summed E-state index contributed by atoms with van der Waals surface area (Å²) in [7, 11) is 0. The van der Waals surface area contributed by atoms with E-state index in [0.29, 0.717) is 31.1 Å². The summed E-state index contributed by atoms with van der Waals surface area (Å²) in [5.41, 5.74) is 5.62. The molecule has 0 aliphatic carbocycles. The second-order valence-electron chi connectivity index (χ2n) is 8.81. The highest BCUT2D eigenvalue weighted by Crippen LogP contribution is 2.27. The number of fused-ring (bicyclic) bond motifs is 2. The number of nitrogens with one attached hydrogen (secondary N) is 2. The van der Waals surface area contributed by atoms with Crippen LogP contribution in [0.15, 0.2) is 83.9 Å². The zero-order chi connectivity index (χ0) is 23.6. The highest BCUT2D eigenvalue weighted by Gasteiger charge is 2.22. The first-order chi connectivity index (χ1) is 17.2. The van der Waals surface area contributed by atoms with E-state index in [0.717, 1.165) is 46.6 Å². The molecule has 7 heteroatoms. The molecule has 4 heterocycles. The zero-order valence-electron chi connectivity index (χ0n) is 19.2. The summed E-state index contributed by atoms with van der Waals surface area (Å²) in [5.74, 6) is 1.36. The molecule has 2 N–H and O–H groups in total. The van der Waals surface area contributed by atoms with Gasteiger partial charge >= 0.3 is 0 Å². The summed E-state index contributed by atoms with van der Waals surface area (Å²) in [6.07, 6.45) is 4.44. The van der Waals surface area contributed by atoms with Crippen molar-refractivity contribution in [1.29, 1.82) is 0 Å². The van der Waals surface area contributed by atoms with E-state index in [4.69, 9.17) is 9.72 Å². The molecule has 35 heavy (non-hydrogen) atoms. The van der Waals surface area contributed by atoms with E-state index in [1.54, 1.807) is 6.20 Å². The molecule has 0 unspecified atom stereocenters. The van der Waals surface area contributed by atoms with Gasteiger partial charge in [0.15, 0.2) is 5.82 Å². The van der Waals surface area contributed by atoms with Crippen molar-refractivity contribution < 1.29 is 4.74 Å². The predicted octanol–water partition coefficient (Wildman–Crippen LogP) is 4.45. The first-order valence-electron chi connectivity index (χ1n) is 11.8. The third-order valence-corrected chi connectivity index (χ3v) is 6.44. The smallest absolute Gasteiger partial charge is 0.254 e. The van der Waals surface area contributed by atoms with Gasteiger partial charge in [0.25, 0.3) is 5.56 Å². The Labute approximate surface area is 202 Å². The average Bonchev–Trinajstić information content (AvgIpc) is 3.30. The Morgan fingerprint density at radius 3 is 2.77 bits per heavy atom. The van der Waals surface area contributed by atoms with Crippen molar-refractivity contribution in [2.45, 2.75) is 26.1 Å². The summed E-state index contributed by atoms with van der Waals surface area (Å²) >= 11 is 0. The summed E-state index contributed by atoms with van der Waals surface area (Å²) in [6, 6.07) is 21.9. The lowest BCUT2D eigenvalue weighted by molar-refractivity contribution is 0.241. The average molecular weight is 464 g/mol. The molecule has 0 spiro atoms. The van der Waals surface area contributed by atoms with E-state index in [2.05, 4.69) is 50.3 Å². The minimum absolute atomic E-state index is 0.0670. The van der Waals surface area contributed by atoms with Crippen LogP contribution < -0.4 is 10.3 Å². The number of nitrogens with zero attached hydrogens (tertiary/aromatic N) is 3. The Morgan fingerprint density at radius 2 is 1.91 bits per heavy atom. The molecule has 1 aliphatic rings. The minimum atomic E-state index is -0.0670. The maximum Gasteiger partial charge on any atom is 0.254 e. The Kier molecular flexibility index (Phi) is 5.60. The van der Waals surface area contributed by atoms with Crippen molar-refractivity contribution in [2.24, 2.45) is 0 Å². The Bertz CT molecular complexity index is 1530. The lowest BCUT2D eigenvalue weighted by atomic mass is 10.0. The molecule has 0 fully saturated rings. The Balaban J connectivity index is 1.21. The first kappa shape index (κ1) is 21.3. The predicted molar refractivity (Wildman–Crippen MR) is 135 cm³/mol. The number of ether oxygens (including phenoxy) is 1. The van der Waals surface area contributed by atoms with Gasteiger partial charge in [0, 0.05) is 48.5 Å². The van der Waals surface area contributed by atoms with Gasteiger partial charge in [-0.1, -0.05) is 36.4 Å². The van der Waals surface area contributed by atoms with Crippen LogP contribution >= 0.6 is 0 Å². The van der Waals surface area contributed by atoms with Gasteiger partial charge in [0.2, 0.25) is 0 Å². The fraction of sp³-hybridized carbons (Fsp3) is 0.179. The second-order valence-corrected chi connectivity index (χ2v) is 8.81. The molecule has 3 aromatic heterocycles. The largest absolute Gasteiger partial charge is 0.489 e. The van der Waals surface area contributed by atoms with Crippen LogP contribution in [0.2, 0.25) is 0 Å². The zero-order valence-corrected chi connectivity index (χ0v) is 19.2. The quantitative estimate of drug-likeness (QED) is 0.389. The molecule has 1 aliphatic heterocycles. The summed E-state index contributed by atoms with van der Waals surface area (Å²) < 4.78 is 6.05. The van der Waals surface area contributed by atoms with Crippen LogP contribution in [0.25, 0.3) is 22.4 Å². The molecule has 0 amide bonds. The first-order valence-corrected chi connectivity index (χ1v) is 11.8. The number of rotatable bonds is 6. The number of H-pyrrole nitrogens is 2. The van der Waals surface area contributed by atoms with Crippen LogP contribution in [-0.2, 0) is 26.1 Å². The number of aromatic nitrogens is 4. The molecular formula is C28H25N5O2. The van der Waals surface area contributed by atoms with E-state index in [-0.39, 0.29) is 5.56 Å². The molecule has 6 rings (SSSR count). The van der Waals surface area contributed by atoms with Gasteiger partial charge in [0.05, 0.1) is 5.69 Å². The molecular weight excluding hydrogens is 438 g/mol. The Morgan fingerprint density at radius 1 is 1.03 bits per heavy atom. The van der Waals surface area contributed by atoms with E-state index in [9.17, 15) is 4.79 Å². The maximum absolute atomic E-state index is 12.7. The number of hydrogen-bond acceptors (Lipinski definition) is 5. The fourth-order valence-electron chi connectivity index (χ4n) is 4.61. The second kappa shape index (κ2) is 9.19. The summed E-state index contributed by atoms with van der Waals surface area (Å²) in [4.78, 5) is 30.4. The normalized spacial score (nSPS) is 13.6. The van der Waals surface area contributed by atoms with E-state index < -0.39 is 0 Å². The monoisotopic (exact) mass is 463 g/mol. The van der Waals surface area contributed by atoms with Gasteiger partial charge in [-0.05, 0) is 47.9 Å². The SMILES string of the molecule is O=c1[nH]c(-c2ccccn2)nc2c1CCN(Cc1c[nH]c3ccc(OCc4ccccc4)cc13)C2. The lowest BCUT2D eigenvalue weighted by Gasteiger charge is -2.27. The molecule has 0 saturated carbocycles. The number of benzene rings is 2. The van der Waals surface area contributed by atoms with Crippen LogP contribution in [0.1, 0.15) is 22.4 Å². The number of aromatic amines is 2. The van der Waals surface area contributed by atoms with Gasteiger partial charge in [0.1, 0.15) is 18.1 Å². The van der Waals surface area contributed by atoms with Crippen LogP contribution in [0.3, 0.4) is 0 Å². The van der Waals surface area contributed by atoms with Crippen molar-refractivity contribution in [3.8, 4) is 17.3 Å². The summed E-state index contributed by atoms with van der Waals surface area (Å²) in [6.45, 7) is 2.72. The lowest BCUT2D eigenvalue weighted by Crippen LogP contribution is -2.35. The number of pyridine rings is 1. The van der Waals surface area contributed by atoms with Crippen LogP contribution in [-0.4, -0.2) is 31.4 Å². The van der Waals surface area contributed by atoms with E-state index >= 15 is 0 Å². The number of hydrogen-bond donors (Lipinski definition) is 2. The fourth-order valence-corrected chi connectivity index (χ4v) is 4.61. The maximum atomic E-state index is 12.7. The molecule has 0 radical (unpaired) electrons. The van der Waals surface area contributed by atoms with Crippen LogP contribution in [0.4, 0.5) is 0 Å². The highest BCUT2D eigenvalue weighted by molar-refractivity contribution is 5.84. The van der Waals surface area contributed by atoms with Gasteiger partial charge in [-0.2, -0.15) is 0 Å². The van der Waals surface area contributed by atoms with Crippen molar-refractivity contribution in [2.75, 3.05) is 6.54 Å². The van der Waals surface area contributed by atoms with Gasteiger partial charge in [-0.3, -0.25) is 14.7 Å².